The summed E-state index contributed by atoms with van der Waals surface area (Å²) in [5, 5.41) is 14.0. The number of nitrogens with zero attached hydrogens (tertiary/aromatic N) is 4. The van der Waals surface area contributed by atoms with E-state index in [-0.39, 0.29) is 11.1 Å². The number of aromatic carboxylic acids is 1. The number of rotatable bonds is 5. The van der Waals surface area contributed by atoms with Gasteiger partial charge in [0, 0.05) is 22.8 Å². The molecule has 0 spiro atoms. The number of benzene rings is 2. The Kier molecular flexibility index (Phi) is 5.33. The van der Waals surface area contributed by atoms with Gasteiger partial charge in [-0.3, -0.25) is 4.79 Å². The van der Waals surface area contributed by atoms with E-state index in [1.807, 2.05) is 35.9 Å². The molecule has 0 radical (unpaired) electrons. The summed E-state index contributed by atoms with van der Waals surface area (Å²) in [4.78, 5) is 28.6. The van der Waals surface area contributed by atoms with Crippen LogP contribution in [0.15, 0.2) is 75.2 Å². The summed E-state index contributed by atoms with van der Waals surface area (Å²) >= 11 is 3.39. The lowest BCUT2D eigenvalue weighted by Crippen LogP contribution is -2.22. The predicted molar refractivity (Wildman–Crippen MR) is 119 cm³/mol. The zero-order valence-electron chi connectivity index (χ0n) is 16.0. The van der Waals surface area contributed by atoms with Crippen molar-refractivity contribution < 1.29 is 9.90 Å². The van der Waals surface area contributed by atoms with E-state index in [4.69, 9.17) is 5.11 Å². The van der Waals surface area contributed by atoms with Crippen LogP contribution in [-0.4, -0.2) is 31.5 Å². The number of carbonyl (C=O) groups is 1. The lowest BCUT2D eigenvalue weighted by Gasteiger charge is -2.09. The lowest BCUT2D eigenvalue weighted by atomic mass is 10.2. The highest BCUT2D eigenvalue weighted by Gasteiger charge is 2.10. The molecule has 2 aromatic carbocycles. The molecule has 0 saturated heterocycles. The summed E-state index contributed by atoms with van der Waals surface area (Å²) in [6.07, 6.45) is 3.99. The topological polar surface area (TPSA) is 89.5 Å². The van der Waals surface area contributed by atoms with Gasteiger partial charge in [0.25, 0.3) is 5.56 Å². The number of fused-ring (bicyclic) bond motifs is 1. The second kappa shape index (κ2) is 8.08. The minimum atomic E-state index is -0.974. The predicted octanol–water partition coefficient (Wildman–Crippen LogP) is 4.09. The van der Waals surface area contributed by atoms with Crippen molar-refractivity contribution in [2.24, 2.45) is 5.10 Å². The molecular formula is C22H17BrN4O3. The molecule has 0 bridgehead atoms. The van der Waals surface area contributed by atoms with Crippen molar-refractivity contribution in [1.82, 2.24) is 14.2 Å². The van der Waals surface area contributed by atoms with E-state index in [0.29, 0.717) is 23.1 Å². The van der Waals surface area contributed by atoms with Crippen molar-refractivity contribution >= 4 is 39.0 Å². The van der Waals surface area contributed by atoms with E-state index in [9.17, 15) is 9.59 Å². The third-order valence-corrected chi connectivity index (χ3v) is 5.16. The van der Waals surface area contributed by atoms with Gasteiger partial charge in [-0.25, -0.2) is 9.78 Å². The Morgan fingerprint density at radius 3 is 2.67 bits per heavy atom. The summed E-state index contributed by atoms with van der Waals surface area (Å²) in [6.45, 7) is 1.92. The summed E-state index contributed by atoms with van der Waals surface area (Å²) in [6, 6.07) is 15.6. The molecule has 0 aliphatic carbocycles. The van der Waals surface area contributed by atoms with Crippen molar-refractivity contribution in [3.8, 4) is 5.69 Å². The SMILES string of the molecule is CCc1nc2ccc(Br)cc2c(=O)n1N=Cc1cccn1-c1ccc(C(=O)O)cc1. The maximum atomic E-state index is 13.0. The van der Waals surface area contributed by atoms with Crippen molar-refractivity contribution in [3.63, 3.8) is 0 Å². The van der Waals surface area contributed by atoms with Crippen LogP contribution in [0, 0.1) is 0 Å². The van der Waals surface area contributed by atoms with Gasteiger partial charge in [0.05, 0.1) is 28.4 Å². The number of hydrogen-bond acceptors (Lipinski definition) is 4. The minimum Gasteiger partial charge on any atom is -0.478 e. The van der Waals surface area contributed by atoms with Gasteiger partial charge in [0.15, 0.2) is 0 Å². The van der Waals surface area contributed by atoms with Crippen LogP contribution in [0.3, 0.4) is 0 Å². The van der Waals surface area contributed by atoms with Gasteiger partial charge < -0.3 is 9.67 Å². The van der Waals surface area contributed by atoms with Crippen LogP contribution in [0.5, 0.6) is 0 Å². The maximum absolute atomic E-state index is 13.0. The van der Waals surface area contributed by atoms with Crippen LogP contribution in [0.2, 0.25) is 0 Å². The molecule has 4 aromatic rings. The van der Waals surface area contributed by atoms with E-state index in [1.165, 1.54) is 4.68 Å². The van der Waals surface area contributed by atoms with Crippen molar-refractivity contribution in [1.29, 1.82) is 0 Å². The number of halogens is 1. The largest absolute Gasteiger partial charge is 0.478 e. The maximum Gasteiger partial charge on any atom is 0.335 e. The Bertz CT molecular complexity index is 1340. The monoisotopic (exact) mass is 464 g/mol. The Hall–Kier alpha value is -3.52. The molecule has 0 fully saturated rings. The fourth-order valence-electron chi connectivity index (χ4n) is 3.16. The summed E-state index contributed by atoms with van der Waals surface area (Å²) in [5.74, 6) is -0.409. The molecule has 7 nitrogen and oxygen atoms in total. The number of carboxylic acids is 1. The van der Waals surface area contributed by atoms with Crippen LogP contribution in [0.25, 0.3) is 16.6 Å². The first-order chi connectivity index (χ1) is 14.5. The Morgan fingerprint density at radius 2 is 1.97 bits per heavy atom. The second-order valence-corrected chi connectivity index (χ2v) is 7.48. The molecule has 0 aliphatic rings. The van der Waals surface area contributed by atoms with E-state index < -0.39 is 5.97 Å². The van der Waals surface area contributed by atoms with Crippen molar-refractivity contribution in [2.75, 3.05) is 0 Å². The molecule has 4 rings (SSSR count). The van der Waals surface area contributed by atoms with Gasteiger partial charge in [0.2, 0.25) is 0 Å². The molecule has 2 heterocycles. The Labute approximate surface area is 180 Å². The molecule has 1 N–H and O–H groups in total. The van der Waals surface area contributed by atoms with Crippen LogP contribution in [-0.2, 0) is 6.42 Å². The molecule has 0 aliphatic heterocycles. The third-order valence-electron chi connectivity index (χ3n) is 4.67. The Morgan fingerprint density at radius 1 is 1.20 bits per heavy atom. The van der Waals surface area contributed by atoms with Crippen molar-refractivity contribution in [3.05, 3.63) is 92.7 Å². The quantitative estimate of drug-likeness (QED) is 0.450. The smallest absolute Gasteiger partial charge is 0.335 e. The molecule has 30 heavy (non-hydrogen) atoms. The zero-order chi connectivity index (χ0) is 21.3. The molecular weight excluding hydrogens is 448 g/mol. The van der Waals surface area contributed by atoms with Gasteiger partial charge in [-0.2, -0.15) is 9.78 Å². The van der Waals surface area contributed by atoms with E-state index >= 15 is 0 Å². The number of carboxylic acid groups (broad SMARTS) is 1. The second-order valence-electron chi connectivity index (χ2n) is 6.56. The average molecular weight is 465 g/mol. The van der Waals surface area contributed by atoms with Crippen LogP contribution < -0.4 is 5.56 Å². The van der Waals surface area contributed by atoms with Gasteiger partial charge in [0.1, 0.15) is 5.82 Å². The zero-order valence-corrected chi connectivity index (χ0v) is 17.6. The highest BCUT2D eigenvalue weighted by molar-refractivity contribution is 9.10. The van der Waals surface area contributed by atoms with Crippen LogP contribution in [0.4, 0.5) is 0 Å². The average Bonchev–Trinajstić information content (AvgIpc) is 3.22. The first-order valence-electron chi connectivity index (χ1n) is 9.24. The minimum absolute atomic E-state index is 0.216. The standard InChI is InChI=1S/C22H17BrN4O3/c1-2-20-25-19-10-7-15(23)12-18(19)21(28)27(20)24-13-17-4-3-11-26(17)16-8-5-14(6-9-16)22(29)30/h3-13H,2H2,1H3,(H,29,30). The number of hydrogen-bond donors (Lipinski definition) is 1. The number of aryl methyl sites for hydroxylation is 1. The molecule has 2 aromatic heterocycles. The summed E-state index contributed by atoms with van der Waals surface area (Å²) in [5.41, 5.74) is 2.14. The van der Waals surface area contributed by atoms with Crippen LogP contribution >= 0.6 is 15.9 Å². The normalized spacial score (nSPS) is 11.4. The van der Waals surface area contributed by atoms with E-state index in [2.05, 4.69) is 26.0 Å². The fraction of sp³-hybridized carbons (Fsp3) is 0.0909. The van der Waals surface area contributed by atoms with Gasteiger partial charge in [-0.1, -0.05) is 22.9 Å². The number of aromatic nitrogens is 3. The molecule has 0 unspecified atom stereocenters. The van der Waals surface area contributed by atoms with Gasteiger partial charge >= 0.3 is 5.97 Å². The Balaban J connectivity index is 1.76. The highest BCUT2D eigenvalue weighted by Crippen LogP contribution is 2.17. The molecule has 8 heteroatoms. The van der Waals surface area contributed by atoms with Gasteiger partial charge in [-0.05, 0) is 54.6 Å². The molecule has 0 atom stereocenters. The fourth-order valence-corrected chi connectivity index (χ4v) is 3.52. The molecule has 150 valence electrons. The highest BCUT2D eigenvalue weighted by atomic mass is 79.9. The first-order valence-corrected chi connectivity index (χ1v) is 10.0. The van der Waals surface area contributed by atoms with E-state index in [0.717, 1.165) is 15.9 Å². The third kappa shape index (κ3) is 3.69. The molecule has 0 saturated carbocycles. The summed E-state index contributed by atoms with van der Waals surface area (Å²) < 4.78 is 3.98. The van der Waals surface area contributed by atoms with E-state index in [1.54, 1.807) is 42.6 Å². The summed E-state index contributed by atoms with van der Waals surface area (Å²) in [7, 11) is 0. The van der Waals surface area contributed by atoms with Crippen molar-refractivity contribution in [2.45, 2.75) is 13.3 Å². The lowest BCUT2D eigenvalue weighted by molar-refractivity contribution is 0.0697. The first kappa shape index (κ1) is 19.8. The van der Waals surface area contributed by atoms with Gasteiger partial charge in [-0.15, -0.1) is 0 Å². The molecule has 0 amide bonds. The van der Waals surface area contributed by atoms with Crippen LogP contribution in [0.1, 0.15) is 28.8 Å².